The Hall–Kier alpha value is -3.51. The molecule has 3 heterocycles. The molecule has 2 N–H and O–H groups in total. The van der Waals surface area contributed by atoms with E-state index in [1.807, 2.05) is 0 Å². The van der Waals surface area contributed by atoms with Crippen LogP contribution in [0.1, 0.15) is 33.0 Å². The zero-order valence-electron chi connectivity index (χ0n) is 21.7. The van der Waals surface area contributed by atoms with Crippen LogP contribution in [0.4, 0.5) is 9.93 Å². The number of halogens is 1. The molecule has 1 saturated heterocycles. The number of nitrogens with zero attached hydrogens (tertiary/aromatic N) is 4. The SMILES string of the molecule is [B]OC(=O)CCO/N=C(\C(=O)N[C@@H]1C(=O)N2C(C(=O)O[B])=C(CCl)CS(=O)[C@H]12)c1nsc(NC(=O)OC(C)(C)C)n1. The molecule has 16 nitrogen and oxygen atoms in total. The molecule has 1 aromatic rings. The van der Waals surface area contributed by atoms with Gasteiger partial charge in [-0.05, 0) is 26.3 Å². The molecular formula is C20H21B2ClN6O10S2. The molecular weight excluding hydrogens is 605 g/mol. The predicted octanol–water partition coefficient (Wildman–Crippen LogP) is -0.842. The Morgan fingerprint density at radius 1 is 1.24 bits per heavy atom. The van der Waals surface area contributed by atoms with Gasteiger partial charge in [0.15, 0.2) is 0 Å². The first kappa shape index (κ1) is 32.0. The summed E-state index contributed by atoms with van der Waals surface area (Å²) in [5.74, 6) is -4.46. The second-order valence-corrected chi connectivity index (χ2v) is 11.7. The summed E-state index contributed by atoms with van der Waals surface area (Å²) in [4.78, 5) is 71.6. The van der Waals surface area contributed by atoms with Crippen LogP contribution in [0, 0.1) is 0 Å². The number of carbonyl (C=O) groups excluding carboxylic acids is 5. The Bertz CT molecular complexity index is 1330. The number of rotatable bonds is 10. The van der Waals surface area contributed by atoms with Gasteiger partial charge in [0.1, 0.15) is 29.3 Å². The van der Waals surface area contributed by atoms with Crippen molar-refractivity contribution in [2.45, 2.75) is 44.2 Å². The molecule has 1 aromatic heterocycles. The van der Waals surface area contributed by atoms with Gasteiger partial charge in [-0.3, -0.25) is 28.8 Å². The van der Waals surface area contributed by atoms with E-state index in [9.17, 15) is 28.2 Å². The van der Waals surface area contributed by atoms with E-state index < -0.39 is 63.4 Å². The predicted molar refractivity (Wildman–Crippen MR) is 144 cm³/mol. The summed E-state index contributed by atoms with van der Waals surface area (Å²) in [5.41, 5.74) is -1.44. The summed E-state index contributed by atoms with van der Waals surface area (Å²) in [6.07, 6.45) is -1.16. The topological polar surface area (TPSA) is 205 Å². The number of hydrogen-bond acceptors (Lipinski definition) is 14. The van der Waals surface area contributed by atoms with E-state index in [-0.39, 0.29) is 46.9 Å². The molecule has 2 aliphatic heterocycles. The molecule has 3 amide bonds. The molecule has 3 rings (SSSR count). The van der Waals surface area contributed by atoms with Crippen LogP contribution in [-0.4, -0.2) is 105 Å². The number of aromatic nitrogens is 2. The fraction of sp³-hybridized carbons (Fsp3) is 0.500. The molecule has 41 heavy (non-hydrogen) atoms. The van der Waals surface area contributed by atoms with Gasteiger partial charge in [0.25, 0.3) is 17.8 Å². The van der Waals surface area contributed by atoms with Crippen molar-refractivity contribution in [2.24, 2.45) is 5.16 Å². The number of alkyl halides is 1. The second kappa shape index (κ2) is 13.4. The largest absolute Gasteiger partial charge is 0.543 e. The van der Waals surface area contributed by atoms with E-state index in [4.69, 9.17) is 37.3 Å². The van der Waals surface area contributed by atoms with Gasteiger partial charge < -0.3 is 24.2 Å². The lowest BCUT2D eigenvalue weighted by molar-refractivity contribution is -0.149. The van der Waals surface area contributed by atoms with Gasteiger partial charge in [0.2, 0.25) is 16.7 Å². The van der Waals surface area contributed by atoms with Crippen LogP contribution in [-0.2, 0) is 48.9 Å². The van der Waals surface area contributed by atoms with Crippen molar-refractivity contribution in [3.05, 3.63) is 17.1 Å². The van der Waals surface area contributed by atoms with Gasteiger partial charge in [-0.25, -0.2) is 9.59 Å². The molecule has 0 saturated carbocycles. The average molecular weight is 627 g/mol. The van der Waals surface area contributed by atoms with Crippen LogP contribution >= 0.6 is 23.1 Å². The van der Waals surface area contributed by atoms with Crippen molar-refractivity contribution < 1.29 is 47.1 Å². The van der Waals surface area contributed by atoms with Crippen LogP contribution in [0.5, 0.6) is 0 Å². The van der Waals surface area contributed by atoms with Crippen LogP contribution in [0.2, 0.25) is 0 Å². The molecule has 1 unspecified atom stereocenters. The number of hydrogen-bond donors (Lipinski definition) is 2. The van der Waals surface area contributed by atoms with Crippen molar-refractivity contribution in [2.75, 3.05) is 23.6 Å². The Kier molecular flexibility index (Phi) is 10.5. The highest BCUT2D eigenvalue weighted by Gasteiger charge is 2.57. The monoisotopic (exact) mass is 626 g/mol. The normalized spacial score (nSPS) is 20.4. The summed E-state index contributed by atoms with van der Waals surface area (Å²) in [7, 11) is 7.97. The lowest BCUT2D eigenvalue weighted by Crippen LogP contribution is -2.74. The minimum absolute atomic E-state index is 0.0654. The smallest absolute Gasteiger partial charge is 0.414 e. The third-order valence-corrected chi connectivity index (χ3v) is 7.71. The molecule has 4 radical (unpaired) electrons. The molecule has 3 atom stereocenters. The number of ether oxygens (including phenoxy) is 1. The molecule has 216 valence electrons. The second-order valence-electron chi connectivity index (χ2n) is 9.13. The summed E-state index contributed by atoms with van der Waals surface area (Å²) in [6, 6.07) is -1.36. The van der Waals surface area contributed by atoms with E-state index in [2.05, 4.69) is 34.5 Å². The fourth-order valence-corrected chi connectivity index (χ4v) is 6.03. The lowest BCUT2D eigenvalue weighted by atomic mass is 10.0. The Morgan fingerprint density at radius 3 is 2.56 bits per heavy atom. The first-order valence-corrected chi connectivity index (χ1v) is 14.1. The van der Waals surface area contributed by atoms with Crippen LogP contribution < -0.4 is 10.6 Å². The molecule has 0 aliphatic carbocycles. The van der Waals surface area contributed by atoms with Gasteiger partial charge in [-0.15, -0.1) is 11.6 Å². The third-order valence-electron chi connectivity index (χ3n) is 5.10. The number of nitrogens with one attached hydrogen (secondary N) is 2. The number of anilines is 1. The average Bonchev–Trinajstić information content (AvgIpc) is 3.36. The minimum atomic E-state index is -1.77. The summed E-state index contributed by atoms with van der Waals surface area (Å²) in [6.45, 7) is 4.60. The minimum Gasteiger partial charge on any atom is -0.543 e. The van der Waals surface area contributed by atoms with E-state index in [0.717, 1.165) is 4.90 Å². The van der Waals surface area contributed by atoms with Crippen molar-refractivity contribution in [3.63, 3.8) is 0 Å². The first-order valence-electron chi connectivity index (χ1n) is 11.4. The number of amides is 3. The standard InChI is InChI=1S/C20H21B2ClN6O10S2/c1-20(2,3)37-19(34)26-18-25-13(28-40-18)10(27-36-5-4-9(30)38-21)14(31)24-11-15(32)29-12(17(33)39-22)8(6-23)7-41(35)16(11)29/h11,16H,4-7H2,1-3H3,(H,24,31)(H,25,26,28,34)/b27-10-/t11-,16-,41?/m1/s1. The molecule has 0 spiro atoms. The molecule has 0 bridgehead atoms. The Labute approximate surface area is 247 Å². The molecule has 0 aromatic carbocycles. The van der Waals surface area contributed by atoms with E-state index in [1.165, 1.54) is 0 Å². The van der Waals surface area contributed by atoms with Crippen LogP contribution in [0.25, 0.3) is 0 Å². The zero-order chi connectivity index (χ0) is 30.5. The van der Waals surface area contributed by atoms with Crippen molar-refractivity contribution in [1.29, 1.82) is 0 Å². The Morgan fingerprint density at radius 2 is 1.95 bits per heavy atom. The summed E-state index contributed by atoms with van der Waals surface area (Å²) < 4.78 is 30.2. The summed E-state index contributed by atoms with van der Waals surface area (Å²) >= 11 is 6.53. The fourth-order valence-electron chi connectivity index (χ4n) is 3.45. The molecule has 2 aliphatic rings. The summed E-state index contributed by atoms with van der Waals surface area (Å²) in [5, 5.41) is 7.18. The maximum atomic E-state index is 13.2. The third kappa shape index (κ3) is 7.62. The quantitative estimate of drug-likeness (QED) is 0.0815. The molecule has 21 heteroatoms. The maximum absolute atomic E-state index is 13.2. The highest BCUT2D eigenvalue weighted by Crippen LogP contribution is 2.35. The van der Waals surface area contributed by atoms with E-state index in [0.29, 0.717) is 11.5 Å². The number of carbonyl (C=O) groups is 5. The first-order chi connectivity index (χ1) is 19.3. The van der Waals surface area contributed by atoms with Gasteiger partial charge >= 0.3 is 28.2 Å². The van der Waals surface area contributed by atoms with Crippen LogP contribution in [0.3, 0.4) is 0 Å². The van der Waals surface area contributed by atoms with Gasteiger partial charge in [0.05, 0.1) is 23.0 Å². The van der Waals surface area contributed by atoms with Crippen molar-refractivity contribution in [1.82, 2.24) is 19.6 Å². The molecule has 1 fully saturated rings. The van der Waals surface area contributed by atoms with Gasteiger partial charge in [-0.1, -0.05) is 5.16 Å². The highest BCUT2D eigenvalue weighted by molar-refractivity contribution is 7.86. The van der Waals surface area contributed by atoms with E-state index >= 15 is 0 Å². The van der Waals surface area contributed by atoms with E-state index in [1.54, 1.807) is 20.8 Å². The van der Waals surface area contributed by atoms with Crippen molar-refractivity contribution >= 4 is 90.7 Å². The zero-order valence-corrected chi connectivity index (χ0v) is 24.1. The van der Waals surface area contributed by atoms with Gasteiger partial charge in [0, 0.05) is 17.4 Å². The Balaban J connectivity index is 1.82. The number of fused-ring (bicyclic) bond motifs is 1. The lowest BCUT2D eigenvalue weighted by Gasteiger charge is -2.49. The van der Waals surface area contributed by atoms with Gasteiger partial charge in [-0.2, -0.15) is 9.36 Å². The van der Waals surface area contributed by atoms with Crippen molar-refractivity contribution in [3.8, 4) is 0 Å². The highest BCUT2D eigenvalue weighted by atomic mass is 35.5. The maximum Gasteiger partial charge on any atom is 0.414 e. The number of β-lactam (4-membered cyclic amide) rings is 1. The van der Waals surface area contributed by atoms with Crippen LogP contribution in [0.15, 0.2) is 16.4 Å². The number of oxime groups is 1.